The van der Waals surface area contributed by atoms with Crippen LogP contribution < -0.4 is 10.9 Å². The third-order valence-electron chi connectivity index (χ3n) is 5.66. The quantitative estimate of drug-likeness (QED) is 0.167. The molecule has 0 spiro atoms. The number of halogens is 1. The van der Waals surface area contributed by atoms with Gasteiger partial charge in [-0.1, -0.05) is 119 Å². The van der Waals surface area contributed by atoms with Gasteiger partial charge in [0.05, 0.1) is 6.33 Å². The number of aryl methyl sites for hydroxylation is 3. The third kappa shape index (κ3) is 8.16. The number of rotatable bonds is 9. The topological polar surface area (TPSA) is 17.8 Å². The molecule has 0 amide bonds. The maximum atomic E-state index is 4.00. The maximum absolute atomic E-state index is 4.00. The largest absolute Gasteiger partial charge is 0.337 e. The summed E-state index contributed by atoms with van der Waals surface area (Å²) in [5.41, 5.74) is 5.64. The van der Waals surface area contributed by atoms with E-state index in [4.69, 9.17) is 0 Å². The van der Waals surface area contributed by atoms with Crippen LogP contribution in [0.2, 0.25) is 6.82 Å². The molecule has 4 rings (SSSR count). The molecule has 0 N–H and O–H groups in total. The first-order chi connectivity index (χ1) is 15.8. The van der Waals surface area contributed by atoms with Crippen LogP contribution in [-0.4, -0.2) is 21.6 Å². The number of alkyl halides is 1. The van der Waals surface area contributed by atoms with Crippen molar-refractivity contribution in [2.75, 3.05) is 5.33 Å². The van der Waals surface area contributed by atoms with Crippen LogP contribution in [0.5, 0.6) is 0 Å². The molecule has 2 nitrogen and oxygen atoms in total. The minimum atomic E-state index is 0.470. The molecule has 0 fully saturated rings. The lowest BCUT2D eigenvalue weighted by Gasteiger charge is -2.11. The standard InChI is InChI=1S/C17H20BBr.C11H12N2/c1-18(16-10-3-2-4-11-16)17-12-7-9-15(14-17)8-5-6-13-19;1-2-4-11(5-3-1)6-8-13-9-7-12-10-13/h2-4,7,9-12,14H,5-6,8,13H2,1H3;1-5,7,9-10H,6,8H2. The summed E-state index contributed by atoms with van der Waals surface area (Å²) in [6, 6.07) is 30.3. The van der Waals surface area contributed by atoms with Crippen LogP contribution in [0.4, 0.5) is 0 Å². The Bertz CT molecular complexity index is 1000. The predicted molar refractivity (Wildman–Crippen MR) is 143 cm³/mol. The van der Waals surface area contributed by atoms with Crippen LogP contribution in [0.1, 0.15) is 24.0 Å². The highest BCUT2D eigenvalue weighted by molar-refractivity contribution is 9.09. The Balaban J connectivity index is 0.000000193. The minimum Gasteiger partial charge on any atom is -0.337 e. The molecule has 0 aliphatic heterocycles. The Kier molecular flexibility index (Phi) is 10.3. The molecular formula is C28H32BBrN2. The number of hydrogen-bond acceptors (Lipinski definition) is 1. The van der Waals surface area contributed by atoms with Gasteiger partial charge in [-0.3, -0.25) is 0 Å². The zero-order valence-electron chi connectivity index (χ0n) is 18.9. The fraction of sp³-hybridized carbons (Fsp3) is 0.250. The van der Waals surface area contributed by atoms with E-state index in [1.54, 1.807) is 0 Å². The van der Waals surface area contributed by atoms with Gasteiger partial charge in [0, 0.05) is 24.3 Å². The normalized spacial score (nSPS) is 10.3. The fourth-order valence-electron chi connectivity index (χ4n) is 3.70. The number of aromatic nitrogens is 2. The number of imidazole rings is 1. The van der Waals surface area contributed by atoms with Gasteiger partial charge in [-0.05, 0) is 36.8 Å². The monoisotopic (exact) mass is 486 g/mol. The SMILES string of the molecule is CB(c1ccccc1)c1cccc(CCCCBr)c1.c1ccc(CCn2ccnc2)cc1. The van der Waals surface area contributed by atoms with Gasteiger partial charge < -0.3 is 4.57 Å². The zero-order chi connectivity index (χ0) is 22.4. The summed E-state index contributed by atoms with van der Waals surface area (Å²) in [6.07, 6.45) is 10.4. The highest BCUT2D eigenvalue weighted by Gasteiger charge is 2.12. The first-order valence-electron chi connectivity index (χ1n) is 11.5. The van der Waals surface area contributed by atoms with E-state index in [0.717, 1.165) is 18.3 Å². The van der Waals surface area contributed by atoms with E-state index in [1.807, 2.05) is 24.8 Å². The Hall–Kier alpha value is -2.59. The second kappa shape index (κ2) is 13.7. The summed E-state index contributed by atoms with van der Waals surface area (Å²) < 4.78 is 2.09. The molecular weight excluding hydrogens is 455 g/mol. The molecule has 0 bridgehead atoms. The predicted octanol–water partition coefficient (Wildman–Crippen LogP) is 5.77. The summed E-state index contributed by atoms with van der Waals surface area (Å²) in [4.78, 5) is 4.00. The van der Waals surface area contributed by atoms with E-state index in [1.165, 1.54) is 41.3 Å². The molecule has 0 aliphatic rings. The summed E-state index contributed by atoms with van der Waals surface area (Å²) >= 11 is 3.49. The molecule has 4 heteroatoms. The van der Waals surface area contributed by atoms with Gasteiger partial charge in [0.15, 0.2) is 0 Å². The van der Waals surface area contributed by atoms with E-state index in [0.29, 0.717) is 6.71 Å². The van der Waals surface area contributed by atoms with E-state index in [9.17, 15) is 0 Å². The van der Waals surface area contributed by atoms with Gasteiger partial charge in [0.1, 0.15) is 0 Å². The van der Waals surface area contributed by atoms with Crippen molar-refractivity contribution in [3.8, 4) is 0 Å². The fourth-order valence-corrected chi connectivity index (χ4v) is 4.09. The van der Waals surface area contributed by atoms with Crippen molar-refractivity contribution in [2.24, 2.45) is 0 Å². The molecule has 0 unspecified atom stereocenters. The second-order valence-electron chi connectivity index (χ2n) is 8.06. The van der Waals surface area contributed by atoms with Crippen molar-refractivity contribution < 1.29 is 0 Å². The van der Waals surface area contributed by atoms with Crippen molar-refractivity contribution in [2.45, 2.75) is 39.1 Å². The van der Waals surface area contributed by atoms with Crippen molar-refractivity contribution in [1.29, 1.82) is 0 Å². The van der Waals surface area contributed by atoms with Crippen molar-refractivity contribution in [1.82, 2.24) is 9.55 Å². The van der Waals surface area contributed by atoms with Crippen LogP contribution in [0.15, 0.2) is 104 Å². The molecule has 4 aromatic rings. The van der Waals surface area contributed by atoms with E-state index in [-0.39, 0.29) is 0 Å². The average molecular weight is 487 g/mol. The van der Waals surface area contributed by atoms with E-state index < -0.39 is 0 Å². The van der Waals surface area contributed by atoms with Gasteiger partial charge in [-0.15, -0.1) is 0 Å². The lowest BCUT2D eigenvalue weighted by Crippen LogP contribution is -2.39. The van der Waals surface area contributed by atoms with E-state index in [2.05, 4.69) is 111 Å². The minimum absolute atomic E-state index is 0.470. The molecule has 1 heterocycles. The molecule has 0 aliphatic carbocycles. The Morgan fingerprint density at radius 1 is 0.781 bits per heavy atom. The number of hydrogen-bond donors (Lipinski definition) is 0. The summed E-state index contributed by atoms with van der Waals surface area (Å²) in [6.45, 7) is 3.76. The van der Waals surface area contributed by atoms with E-state index >= 15 is 0 Å². The third-order valence-corrected chi connectivity index (χ3v) is 6.22. The highest BCUT2D eigenvalue weighted by atomic mass is 79.9. The van der Waals surface area contributed by atoms with Crippen LogP contribution >= 0.6 is 15.9 Å². The number of nitrogens with zero attached hydrogens (tertiary/aromatic N) is 2. The summed E-state index contributed by atoms with van der Waals surface area (Å²) in [7, 11) is 0. The smallest absolute Gasteiger partial charge is 0.206 e. The first kappa shape index (κ1) is 24.1. The Morgan fingerprint density at radius 3 is 2.16 bits per heavy atom. The highest BCUT2D eigenvalue weighted by Crippen LogP contribution is 2.06. The molecule has 0 saturated heterocycles. The van der Waals surface area contributed by atoms with Gasteiger partial charge in [-0.25, -0.2) is 4.98 Å². The lowest BCUT2D eigenvalue weighted by molar-refractivity contribution is 0.696. The number of unbranched alkanes of at least 4 members (excludes halogenated alkanes) is 1. The average Bonchev–Trinajstić information content (AvgIpc) is 3.38. The number of benzene rings is 3. The van der Waals surface area contributed by atoms with Crippen LogP contribution in [0.3, 0.4) is 0 Å². The first-order valence-corrected chi connectivity index (χ1v) is 12.6. The van der Waals surface area contributed by atoms with Crippen molar-refractivity contribution >= 4 is 33.6 Å². The molecule has 0 saturated carbocycles. The van der Waals surface area contributed by atoms with Crippen LogP contribution in [0, 0.1) is 0 Å². The van der Waals surface area contributed by atoms with Gasteiger partial charge in [0.25, 0.3) is 0 Å². The summed E-state index contributed by atoms with van der Waals surface area (Å²) in [5, 5.41) is 1.10. The van der Waals surface area contributed by atoms with Crippen LogP contribution in [0.25, 0.3) is 0 Å². The lowest BCUT2D eigenvalue weighted by atomic mass is 9.42. The molecule has 3 aromatic carbocycles. The Morgan fingerprint density at radius 2 is 1.47 bits per heavy atom. The Labute approximate surface area is 201 Å². The zero-order valence-corrected chi connectivity index (χ0v) is 20.5. The van der Waals surface area contributed by atoms with Gasteiger partial charge in [0.2, 0.25) is 6.71 Å². The molecule has 164 valence electrons. The van der Waals surface area contributed by atoms with Gasteiger partial charge >= 0.3 is 0 Å². The van der Waals surface area contributed by atoms with Crippen molar-refractivity contribution in [3.63, 3.8) is 0 Å². The molecule has 0 radical (unpaired) electrons. The maximum Gasteiger partial charge on any atom is 0.206 e. The molecule has 32 heavy (non-hydrogen) atoms. The van der Waals surface area contributed by atoms with Crippen LogP contribution in [-0.2, 0) is 19.4 Å². The second-order valence-corrected chi connectivity index (χ2v) is 8.85. The summed E-state index contributed by atoms with van der Waals surface area (Å²) in [5.74, 6) is 0. The van der Waals surface area contributed by atoms with Crippen molar-refractivity contribution in [3.05, 3.63) is 115 Å². The molecule has 1 aromatic heterocycles. The molecule has 0 atom stereocenters. The van der Waals surface area contributed by atoms with Gasteiger partial charge in [-0.2, -0.15) is 0 Å².